The van der Waals surface area contributed by atoms with Crippen LogP contribution in [0.15, 0.2) is 12.1 Å². The highest BCUT2D eigenvalue weighted by Gasteiger charge is 2.06. The van der Waals surface area contributed by atoms with Gasteiger partial charge in [-0.1, -0.05) is 0 Å². The average Bonchev–Trinajstić information content (AvgIpc) is 2.76. The van der Waals surface area contributed by atoms with E-state index < -0.39 is 0 Å². The molecule has 0 aliphatic carbocycles. The van der Waals surface area contributed by atoms with Crippen LogP contribution in [0, 0.1) is 13.8 Å². The van der Waals surface area contributed by atoms with Crippen molar-refractivity contribution in [3.05, 3.63) is 23.5 Å². The first kappa shape index (κ1) is 10.2. The topological polar surface area (TPSA) is 98.5 Å². The molecule has 0 aromatic carbocycles. The van der Waals surface area contributed by atoms with Gasteiger partial charge in [0, 0.05) is 23.5 Å². The molecule has 0 spiro atoms. The van der Waals surface area contributed by atoms with Crippen molar-refractivity contribution >= 4 is 17.7 Å². The lowest BCUT2D eigenvalue weighted by atomic mass is 10.4. The van der Waals surface area contributed by atoms with Gasteiger partial charge in [-0.2, -0.15) is 10.2 Å². The molecule has 2 aromatic rings. The van der Waals surface area contributed by atoms with Crippen molar-refractivity contribution in [1.82, 2.24) is 20.4 Å². The molecule has 0 saturated carbocycles. The van der Waals surface area contributed by atoms with E-state index in [2.05, 4.69) is 31.0 Å². The quantitative estimate of drug-likeness (QED) is 0.615. The minimum atomic E-state index is -0.377. The van der Waals surface area contributed by atoms with Crippen LogP contribution in [-0.4, -0.2) is 26.4 Å². The van der Waals surface area contributed by atoms with Gasteiger partial charge in [-0.25, -0.2) is 4.79 Å². The van der Waals surface area contributed by atoms with E-state index in [0.29, 0.717) is 11.6 Å². The van der Waals surface area contributed by atoms with Crippen LogP contribution in [-0.2, 0) is 0 Å². The van der Waals surface area contributed by atoms with Crippen LogP contribution < -0.4 is 10.6 Å². The monoisotopic (exact) mass is 220 g/mol. The summed E-state index contributed by atoms with van der Waals surface area (Å²) < 4.78 is 0. The number of aryl methyl sites for hydroxylation is 2. The highest BCUT2D eigenvalue weighted by molar-refractivity contribution is 5.98. The number of aromatic nitrogens is 4. The summed E-state index contributed by atoms with van der Waals surface area (Å²) in [4.78, 5) is 11.5. The lowest BCUT2D eigenvalue weighted by Gasteiger charge is -2.00. The normalized spacial score (nSPS) is 10.1. The zero-order chi connectivity index (χ0) is 11.5. The molecule has 2 heterocycles. The molecule has 0 radical (unpaired) electrons. The number of nitrogens with one attached hydrogen (secondary N) is 4. The molecular weight excluding hydrogens is 208 g/mol. The van der Waals surface area contributed by atoms with Gasteiger partial charge in [-0.15, -0.1) is 0 Å². The Morgan fingerprint density at radius 3 is 1.81 bits per heavy atom. The number of carbonyl (C=O) groups excluding carboxylic acids is 1. The first-order valence-corrected chi connectivity index (χ1v) is 4.75. The number of hydrogen-bond donors (Lipinski definition) is 4. The van der Waals surface area contributed by atoms with Crippen LogP contribution >= 0.6 is 0 Å². The van der Waals surface area contributed by atoms with Gasteiger partial charge >= 0.3 is 6.03 Å². The Morgan fingerprint density at radius 1 is 1.06 bits per heavy atom. The van der Waals surface area contributed by atoms with Crippen LogP contribution in [0.4, 0.5) is 16.4 Å². The molecule has 0 saturated heterocycles. The molecule has 0 bridgehead atoms. The van der Waals surface area contributed by atoms with Crippen molar-refractivity contribution in [2.75, 3.05) is 10.6 Å². The van der Waals surface area contributed by atoms with E-state index in [4.69, 9.17) is 0 Å². The van der Waals surface area contributed by atoms with Crippen molar-refractivity contribution < 1.29 is 4.79 Å². The van der Waals surface area contributed by atoms with E-state index in [1.54, 1.807) is 12.1 Å². The molecule has 0 atom stereocenters. The van der Waals surface area contributed by atoms with E-state index in [9.17, 15) is 4.79 Å². The molecular formula is C9H12N6O. The van der Waals surface area contributed by atoms with Crippen molar-refractivity contribution in [1.29, 1.82) is 0 Å². The van der Waals surface area contributed by atoms with Gasteiger partial charge in [0.05, 0.1) is 0 Å². The van der Waals surface area contributed by atoms with Gasteiger partial charge in [0.25, 0.3) is 0 Å². The maximum Gasteiger partial charge on any atom is 0.326 e. The molecule has 4 N–H and O–H groups in total. The van der Waals surface area contributed by atoms with Gasteiger partial charge in [0.1, 0.15) is 0 Å². The molecule has 0 aliphatic rings. The second kappa shape index (κ2) is 4.05. The Kier molecular flexibility index (Phi) is 2.59. The lowest BCUT2D eigenvalue weighted by Crippen LogP contribution is -2.19. The molecule has 16 heavy (non-hydrogen) atoms. The van der Waals surface area contributed by atoms with E-state index in [0.717, 1.165) is 11.4 Å². The zero-order valence-corrected chi connectivity index (χ0v) is 8.96. The highest BCUT2D eigenvalue weighted by atomic mass is 16.2. The summed E-state index contributed by atoms with van der Waals surface area (Å²) in [7, 11) is 0. The number of amides is 2. The number of rotatable bonds is 2. The summed E-state index contributed by atoms with van der Waals surface area (Å²) in [6.45, 7) is 3.71. The summed E-state index contributed by atoms with van der Waals surface area (Å²) >= 11 is 0. The van der Waals surface area contributed by atoms with Gasteiger partial charge in [0.2, 0.25) is 0 Å². The molecule has 2 amide bonds. The summed E-state index contributed by atoms with van der Waals surface area (Å²) in [5.74, 6) is 0.949. The van der Waals surface area contributed by atoms with Crippen LogP contribution in [0.2, 0.25) is 0 Å². The number of carbonyl (C=O) groups is 1. The molecule has 7 heteroatoms. The highest BCUT2D eigenvalue weighted by Crippen LogP contribution is 2.06. The Labute approximate surface area is 91.6 Å². The Hall–Kier alpha value is -2.31. The Balaban J connectivity index is 1.94. The van der Waals surface area contributed by atoms with Crippen molar-refractivity contribution in [3.8, 4) is 0 Å². The number of anilines is 2. The molecule has 0 aliphatic heterocycles. The first-order valence-electron chi connectivity index (χ1n) is 4.75. The molecule has 0 unspecified atom stereocenters. The third kappa shape index (κ3) is 2.38. The molecule has 0 fully saturated rings. The van der Waals surface area contributed by atoms with E-state index >= 15 is 0 Å². The fourth-order valence-electron chi connectivity index (χ4n) is 1.23. The van der Waals surface area contributed by atoms with Crippen molar-refractivity contribution in [3.63, 3.8) is 0 Å². The lowest BCUT2D eigenvalue weighted by molar-refractivity contribution is 0.262. The maximum absolute atomic E-state index is 11.5. The summed E-state index contributed by atoms with van der Waals surface area (Å²) in [5.41, 5.74) is 1.76. The summed E-state index contributed by atoms with van der Waals surface area (Å²) in [6.07, 6.45) is 0. The van der Waals surface area contributed by atoms with E-state index in [1.165, 1.54) is 0 Å². The number of H-pyrrole nitrogens is 2. The third-order valence-electron chi connectivity index (χ3n) is 1.90. The minimum Gasteiger partial charge on any atom is -0.291 e. The average molecular weight is 220 g/mol. The number of nitrogens with zero attached hydrogens (tertiary/aromatic N) is 2. The number of hydrogen-bond acceptors (Lipinski definition) is 3. The van der Waals surface area contributed by atoms with Crippen molar-refractivity contribution in [2.45, 2.75) is 13.8 Å². The van der Waals surface area contributed by atoms with Gasteiger partial charge < -0.3 is 0 Å². The third-order valence-corrected chi connectivity index (χ3v) is 1.90. The predicted molar refractivity (Wildman–Crippen MR) is 59.3 cm³/mol. The summed E-state index contributed by atoms with van der Waals surface area (Å²) in [6, 6.07) is 3.09. The predicted octanol–water partition coefficient (Wildman–Crippen LogP) is 1.39. The van der Waals surface area contributed by atoms with Gasteiger partial charge in [-0.3, -0.25) is 20.8 Å². The number of urea groups is 1. The molecule has 2 rings (SSSR count). The first-order chi connectivity index (χ1) is 7.63. The van der Waals surface area contributed by atoms with Gasteiger partial charge in [-0.05, 0) is 13.8 Å². The van der Waals surface area contributed by atoms with Crippen molar-refractivity contribution in [2.24, 2.45) is 0 Å². The molecule has 2 aromatic heterocycles. The summed E-state index contributed by atoms with van der Waals surface area (Å²) in [5, 5.41) is 18.4. The van der Waals surface area contributed by atoms with Gasteiger partial charge in [0.15, 0.2) is 11.6 Å². The van der Waals surface area contributed by atoms with Crippen LogP contribution in [0.25, 0.3) is 0 Å². The molecule has 84 valence electrons. The SMILES string of the molecule is Cc1cc(NC(=O)Nc2cc(C)[nH]n2)n[nH]1. The van der Waals surface area contributed by atoms with Crippen LogP contribution in [0.1, 0.15) is 11.4 Å². The standard InChI is InChI=1S/C9H12N6O/c1-5-3-7(14-12-5)10-9(16)11-8-4-6(2)13-15-8/h3-4H,1-2H3,(H4,10,11,12,13,14,15,16). The zero-order valence-electron chi connectivity index (χ0n) is 8.96. The minimum absolute atomic E-state index is 0.377. The van der Waals surface area contributed by atoms with Crippen LogP contribution in [0.3, 0.4) is 0 Å². The molecule has 7 nitrogen and oxygen atoms in total. The fraction of sp³-hybridized carbons (Fsp3) is 0.222. The van der Waals surface area contributed by atoms with E-state index in [1.807, 2.05) is 13.8 Å². The Bertz CT molecular complexity index is 455. The Morgan fingerprint density at radius 2 is 1.50 bits per heavy atom. The second-order valence-electron chi connectivity index (χ2n) is 3.45. The second-order valence-corrected chi connectivity index (χ2v) is 3.45. The number of aromatic amines is 2. The maximum atomic E-state index is 11.5. The smallest absolute Gasteiger partial charge is 0.291 e. The van der Waals surface area contributed by atoms with Crippen LogP contribution in [0.5, 0.6) is 0 Å². The largest absolute Gasteiger partial charge is 0.326 e. The van der Waals surface area contributed by atoms with E-state index in [-0.39, 0.29) is 6.03 Å². The fourth-order valence-corrected chi connectivity index (χ4v) is 1.23.